The van der Waals surface area contributed by atoms with Crippen LogP contribution in [0.1, 0.15) is 44.7 Å². The Labute approximate surface area is 190 Å². The number of hydrogen-bond donors (Lipinski definition) is 2. The summed E-state index contributed by atoms with van der Waals surface area (Å²) in [5.74, 6) is -2.99. The number of halogens is 1. The van der Waals surface area contributed by atoms with Crippen molar-refractivity contribution < 1.29 is 29.3 Å². The van der Waals surface area contributed by atoms with E-state index in [0.717, 1.165) is 5.56 Å². The molecule has 0 atom stereocenters. The van der Waals surface area contributed by atoms with Gasteiger partial charge in [0.05, 0.1) is 36.4 Å². The van der Waals surface area contributed by atoms with Crippen LogP contribution in [0, 0.1) is 5.41 Å². The highest BCUT2D eigenvalue weighted by atomic mass is 35.5. The van der Waals surface area contributed by atoms with Gasteiger partial charge >= 0.3 is 17.9 Å². The molecule has 9 nitrogen and oxygen atoms in total. The van der Waals surface area contributed by atoms with E-state index in [-0.39, 0.29) is 42.0 Å². The zero-order valence-electron chi connectivity index (χ0n) is 18.2. The minimum atomic E-state index is -1.58. The van der Waals surface area contributed by atoms with Crippen molar-refractivity contribution in [2.24, 2.45) is 5.41 Å². The smallest absolute Gasteiger partial charge is 0.321 e. The summed E-state index contributed by atoms with van der Waals surface area (Å²) in [5, 5.41) is 21.4. The molecule has 0 saturated carbocycles. The molecule has 0 radical (unpaired) electrons. The second kappa shape index (κ2) is 12.6. The lowest BCUT2D eigenvalue weighted by Gasteiger charge is -2.20. The molecule has 0 aliphatic carbocycles. The first-order valence-corrected chi connectivity index (χ1v) is 10.4. The van der Waals surface area contributed by atoms with E-state index < -0.39 is 23.3 Å². The third kappa shape index (κ3) is 6.91. The van der Waals surface area contributed by atoms with Crippen molar-refractivity contribution in [3.8, 4) is 0 Å². The predicted octanol–water partition coefficient (Wildman–Crippen LogP) is 3.01. The molecule has 2 rings (SSSR count). The fourth-order valence-electron chi connectivity index (χ4n) is 2.84. The molecule has 0 saturated heterocycles. The average Bonchev–Trinajstić information content (AvgIpc) is 2.75. The van der Waals surface area contributed by atoms with Crippen LogP contribution in [0.3, 0.4) is 0 Å². The summed E-state index contributed by atoms with van der Waals surface area (Å²) in [4.78, 5) is 45.0. The number of ether oxygens (including phenoxy) is 1. The number of esters is 1. The number of benzene rings is 1. The van der Waals surface area contributed by atoms with Gasteiger partial charge in [0.2, 0.25) is 0 Å². The molecule has 0 amide bonds. The van der Waals surface area contributed by atoms with Gasteiger partial charge in [-0.15, -0.1) is 0 Å². The zero-order chi connectivity index (χ0) is 24.3. The van der Waals surface area contributed by atoms with Crippen LogP contribution < -0.4 is 5.56 Å². The monoisotopic (exact) mass is 466 g/mol. The third-order valence-electron chi connectivity index (χ3n) is 4.92. The van der Waals surface area contributed by atoms with E-state index >= 15 is 0 Å². The number of carboxylic acid groups (broad SMARTS) is 2. The fourth-order valence-corrected chi connectivity index (χ4v) is 3.03. The maximum absolute atomic E-state index is 12.3. The molecular weight excluding hydrogens is 440 g/mol. The van der Waals surface area contributed by atoms with Crippen LogP contribution in [0.25, 0.3) is 0 Å². The maximum Gasteiger partial charge on any atom is 0.321 e. The Kier molecular flexibility index (Phi) is 10.6. The van der Waals surface area contributed by atoms with Crippen LogP contribution >= 0.6 is 11.6 Å². The second-order valence-corrected chi connectivity index (χ2v) is 7.21. The highest BCUT2D eigenvalue weighted by Gasteiger charge is 2.42. The van der Waals surface area contributed by atoms with Crippen molar-refractivity contribution in [3.05, 3.63) is 63.0 Å². The highest BCUT2D eigenvalue weighted by Crippen LogP contribution is 2.26. The van der Waals surface area contributed by atoms with Crippen LogP contribution in [0.2, 0.25) is 5.02 Å². The normalized spacial score (nSPS) is 10.6. The summed E-state index contributed by atoms with van der Waals surface area (Å²) in [6.07, 6.45) is 1.46. The number of nitrogens with zero attached hydrogens (tertiary/aromatic N) is 2. The van der Waals surface area contributed by atoms with E-state index in [1.807, 2.05) is 30.3 Å². The number of aromatic nitrogens is 2. The fraction of sp³-hybridized carbons (Fsp3) is 0.409. The van der Waals surface area contributed by atoms with E-state index in [9.17, 15) is 19.2 Å². The van der Waals surface area contributed by atoms with Gasteiger partial charge in [-0.25, -0.2) is 4.68 Å². The van der Waals surface area contributed by atoms with Gasteiger partial charge in [0, 0.05) is 0 Å². The topological polar surface area (TPSA) is 136 Å². The first-order valence-electron chi connectivity index (χ1n) is 10.0. The Morgan fingerprint density at radius 2 is 1.62 bits per heavy atom. The van der Waals surface area contributed by atoms with Gasteiger partial charge in [0.1, 0.15) is 0 Å². The van der Waals surface area contributed by atoms with Crippen molar-refractivity contribution in [2.45, 2.75) is 46.6 Å². The minimum absolute atomic E-state index is 0.119. The van der Waals surface area contributed by atoms with E-state index in [2.05, 4.69) is 5.10 Å². The highest BCUT2D eigenvalue weighted by molar-refractivity contribution is 6.31. The standard InChI is InChI=1S/C15H15ClN2O3.C7H12O4/c1-2-21-14(19)8-12-13(16)9-17-18(15(12)20)10-11-6-4-3-5-7-11;1-3-7(4-2,5(8)9)6(10)11/h3-7,9H,2,8,10H2,1H3;3-4H2,1-2H3,(H,8,9)(H,10,11). The van der Waals surface area contributed by atoms with Gasteiger partial charge < -0.3 is 14.9 Å². The van der Waals surface area contributed by atoms with Crippen LogP contribution in [0.4, 0.5) is 0 Å². The summed E-state index contributed by atoms with van der Waals surface area (Å²) in [5.41, 5.74) is -0.808. The summed E-state index contributed by atoms with van der Waals surface area (Å²) < 4.78 is 6.14. The molecule has 10 heteroatoms. The summed E-state index contributed by atoms with van der Waals surface area (Å²) in [6, 6.07) is 9.46. The second-order valence-electron chi connectivity index (χ2n) is 6.80. The van der Waals surface area contributed by atoms with Crippen molar-refractivity contribution >= 4 is 29.5 Å². The largest absolute Gasteiger partial charge is 0.480 e. The van der Waals surface area contributed by atoms with Crippen LogP contribution in [0.5, 0.6) is 0 Å². The Hall–Kier alpha value is -3.20. The van der Waals surface area contributed by atoms with Crippen molar-refractivity contribution in [1.82, 2.24) is 9.78 Å². The van der Waals surface area contributed by atoms with Gasteiger partial charge in [-0.2, -0.15) is 5.10 Å². The quantitative estimate of drug-likeness (QED) is 0.425. The molecule has 2 aromatic rings. The Morgan fingerprint density at radius 1 is 1.06 bits per heavy atom. The number of hydrogen-bond acceptors (Lipinski definition) is 6. The molecule has 0 unspecified atom stereocenters. The number of aliphatic carboxylic acids is 2. The van der Waals surface area contributed by atoms with Crippen molar-refractivity contribution in [2.75, 3.05) is 6.61 Å². The number of rotatable bonds is 9. The Morgan fingerprint density at radius 3 is 2.06 bits per heavy atom. The lowest BCUT2D eigenvalue weighted by molar-refractivity contribution is -0.165. The Balaban J connectivity index is 0.000000396. The molecular formula is C22H27ClN2O7. The first-order chi connectivity index (χ1) is 15.1. The molecule has 32 heavy (non-hydrogen) atoms. The van der Waals surface area contributed by atoms with Gasteiger partial charge in [0.15, 0.2) is 5.41 Å². The van der Waals surface area contributed by atoms with E-state index in [1.165, 1.54) is 10.9 Å². The van der Waals surface area contributed by atoms with Gasteiger partial charge in [0.25, 0.3) is 5.56 Å². The molecule has 1 heterocycles. The SMILES string of the molecule is CCC(CC)(C(=O)O)C(=O)O.CCOC(=O)Cc1c(Cl)cnn(Cc2ccccc2)c1=O. The third-order valence-corrected chi connectivity index (χ3v) is 5.24. The van der Waals surface area contributed by atoms with E-state index in [0.29, 0.717) is 6.54 Å². The molecule has 2 N–H and O–H groups in total. The first kappa shape index (κ1) is 26.8. The molecule has 1 aromatic carbocycles. The van der Waals surface area contributed by atoms with Gasteiger partial charge in [-0.3, -0.25) is 19.2 Å². The predicted molar refractivity (Wildman–Crippen MR) is 118 cm³/mol. The number of carbonyl (C=O) groups excluding carboxylic acids is 1. The van der Waals surface area contributed by atoms with E-state index in [4.69, 9.17) is 26.6 Å². The van der Waals surface area contributed by atoms with Crippen molar-refractivity contribution in [3.63, 3.8) is 0 Å². The van der Waals surface area contributed by atoms with Gasteiger partial charge in [-0.05, 0) is 25.3 Å². The molecule has 174 valence electrons. The molecule has 0 aliphatic heterocycles. The van der Waals surface area contributed by atoms with Crippen LogP contribution in [-0.4, -0.2) is 44.5 Å². The Bertz CT molecular complexity index is 970. The summed E-state index contributed by atoms with van der Waals surface area (Å²) in [7, 11) is 0. The van der Waals surface area contributed by atoms with Crippen molar-refractivity contribution in [1.29, 1.82) is 0 Å². The summed E-state index contributed by atoms with van der Waals surface area (Å²) >= 11 is 5.97. The maximum atomic E-state index is 12.3. The molecule has 1 aromatic heterocycles. The average molecular weight is 467 g/mol. The van der Waals surface area contributed by atoms with Crippen LogP contribution in [0.15, 0.2) is 41.3 Å². The molecule has 0 spiro atoms. The lowest BCUT2D eigenvalue weighted by Crippen LogP contribution is -2.38. The van der Waals surface area contributed by atoms with Crippen LogP contribution in [-0.2, 0) is 32.1 Å². The lowest BCUT2D eigenvalue weighted by atomic mass is 9.83. The molecule has 0 fully saturated rings. The van der Waals surface area contributed by atoms with E-state index in [1.54, 1.807) is 20.8 Å². The molecule has 0 bridgehead atoms. The molecule has 0 aliphatic rings. The number of carboxylic acids is 2. The minimum Gasteiger partial charge on any atom is -0.480 e. The van der Waals surface area contributed by atoms with Gasteiger partial charge in [-0.1, -0.05) is 55.8 Å². The number of carbonyl (C=O) groups is 3. The zero-order valence-corrected chi connectivity index (χ0v) is 19.0. The summed E-state index contributed by atoms with van der Waals surface area (Å²) in [6.45, 7) is 5.42.